The van der Waals surface area contributed by atoms with Crippen LogP contribution in [0, 0.1) is 0 Å². The van der Waals surface area contributed by atoms with Crippen LogP contribution in [0.1, 0.15) is 101 Å². The van der Waals surface area contributed by atoms with Crippen molar-refractivity contribution in [2.75, 3.05) is 0 Å². The Balaban J connectivity index is 1.11. The lowest BCUT2D eigenvalue weighted by molar-refractivity contribution is -0.125. The number of hydrogen-bond donors (Lipinski definition) is 0. The number of benzene rings is 4. The van der Waals surface area contributed by atoms with Crippen molar-refractivity contribution in [3.63, 3.8) is 0 Å². The van der Waals surface area contributed by atoms with Gasteiger partial charge in [-0.15, -0.1) is 0 Å². The quantitative estimate of drug-likeness (QED) is 0.161. The first-order chi connectivity index (χ1) is 23.2. The fourth-order valence-electron chi connectivity index (χ4n) is 5.69. The van der Waals surface area contributed by atoms with Gasteiger partial charge in [-0.3, -0.25) is 28.8 Å². The molecule has 0 saturated heterocycles. The van der Waals surface area contributed by atoms with Gasteiger partial charge in [0.25, 0.3) is 23.6 Å². The molecule has 0 atom stereocenters. The van der Waals surface area contributed by atoms with E-state index in [1.165, 1.54) is 36.4 Å². The summed E-state index contributed by atoms with van der Waals surface area (Å²) in [5.74, 6) is -5.51. The molecule has 0 aliphatic carbocycles. The van der Waals surface area contributed by atoms with Crippen LogP contribution in [0.5, 0.6) is 11.5 Å². The normalized spacial score (nSPS) is 13.7. The van der Waals surface area contributed by atoms with Crippen LogP contribution in [0.2, 0.25) is 0 Å². The van der Waals surface area contributed by atoms with Gasteiger partial charge >= 0.3 is 11.9 Å². The molecule has 0 unspecified atom stereocenters. The van der Waals surface area contributed by atoms with E-state index in [9.17, 15) is 38.4 Å². The number of amides is 6. The maximum atomic E-state index is 12.9. The maximum absolute atomic E-state index is 12.9. The van der Waals surface area contributed by atoms with E-state index in [0.29, 0.717) is 9.80 Å². The third kappa shape index (κ3) is 5.58. The molecule has 4 aromatic carbocycles. The van der Waals surface area contributed by atoms with Gasteiger partial charge in [-0.25, -0.2) is 19.4 Å². The van der Waals surface area contributed by atoms with Crippen LogP contribution in [-0.2, 0) is 15.0 Å². The average molecular weight is 659 g/mol. The number of carbonyl (C=O) groups excluding carboxylic acids is 8. The first-order valence-electron chi connectivity index (χ1n) is 14.9. The number of nitrogens with zero attached hydrogens (tertiary/aromatic N) is 2. The number of esters is 2. The van der Waals surface area contributed by atoms with Crippen molar-refractivity contribution in [3.05, 3.63) is 129 Å². The summed E-state index contributed by atoms with van der Waals surface area (Å²) in [4.78, 5) is 99.9. The van der Waals surface area contributed by atoms with Gasteiger partial charge in [0.15, 0.2) is 0 Å². The molecule has 12 nitrogen and oxygen atoms in total. The Morgan fingerprint density at radius 2 is 0.816 bits per heavy atom. The number of carbonyl (C=O) groups is 8. The predicted octanol–water partition coefficient (Wildman–Crippen LogP) is 4.74. The van der Waals surface area contributed by atoms with Crippen LogP contribution in [0.15, 0.2) is 84.9 Å². The van der Waals surface area contributed by atoms with E-state index < -0.39 is 52.8 Å². The van der Waals surface area contributed by atoms with Crippen LogP contribution in [0.3, 0.4) is 0 Å². The van der Waals surface area contributed by atoms with E-state index in [1.807, 2.05) is 13.8 Å². The third-order valence-electron chi connectivity index (χ3n) is 8.45. The number of fused-ring (bicyclic) bond motifs is 2. The summed E-state index contributed by atoms with van der Waals surface area (Å²) in [5.41, 5.74) is 1.27. The molecule has 4 aromatic rings. The molecule has 12 heteroatoms. The first-order valence-corrected chi connectivity index (χ1v) is 14.9. The first kappa shape index (κ1) is 32.4. The molecule has 2 aliphatic rings. The smallest absolute Gasteiger partial charge is 0.343 e. The molecular formula is C37H26N2O10. The lowest BCUT2D eigenvalue weighted by atomic mass is 9.78. The predicted molar refractivity (Wildman–Crippen MR) is 170 cm³/mol. The van der Waals surface area contributed by atoms with Crippen molar-refractivity contribution in [1.29, 1.82) is 0 Å². The van der Waals surface area contributed by atoms with Gasteiger partial charge in [-0.05, 0) is 71.8 Å². The highest BCUT2D eigenvalue weighted by Gasteiger charge is 2.40. The SMILES string of the molecule is CC(=O)N1C(=O)c2ccc(C(=O)Oc3ccc(C(C)(C)c4ccc(OC(=O)c5ccc6c(c5)C(=O)N(C(C)=O)C6=O)cc4)cc3)cc2C1=O. The molecule has 0 fully saturated rings. The molecule has 0 radical (unpaired) electrons. The topological polar surface area (TPSA) is 162 Å². The lowest BCUT2D eigenvalue weighted by Gasteiger charge is -2.26. The highest BCUT2D eigenvalue weighted by atomic mass is 16.5. The Bertz CT molecular complexity index is 2010. The zero-order chi connectivity index (χ0) is 35.4. The van der Waals surface area contributed by atoms with E-state index >= 15 is 0 Å². The summed E-state index contributed by atoms with van der Waals surface area (Å²) in [5, 5.41) is 0. The Labute approximate surface area is 278 Å². The second kappa shape index (κ2) is 11.9. The highest BCUT2D eigenvalue weighted by Crippen LogP contribution is 2.34. The maximum Gasteiger partial charge on any atom is 0.343 e. The molecule has 2 aliphatic heterocycles. The number of imide groups is 6. The molecule has 244 valence electrons. The number of hydrogen-bond acceptors (Lipinski definition) is 10. The van der Waals surface area contributed by atoms with Crippen molar-refractivity contribution in [2.24, 2.45) is 0 Å². The summed E-state index contributed by atoms with van der Waals surface area (Å²) in [6, 6.07) is 21.4. The van der Waals surface area contributed by atoms with Crippen molar-refractivity contribution < 1.29 is 47.8 Å². The minimum atomic E-state index is -0.793. The standard InChI is InChI=1S/C37H26N2O10/c1-19(40)38-31(42)27-15-5-21(17-29(27)33(38)44)35(46)48-25-11-7-23(8-12-25)37(3,4)24-9-13-26(14-10-24)49-36(47)22-6-16-28-30(18-22)34(45)39(20(2)41)32(28)43/h5-18H,1-4H3. The third-order valence-corrected chi connectivity index (χ3v) is 8.45. The van der Waals surface area contributed by atoms with Gasteiger partial charge < -0.3 is 9.47 Å². The Hall–Kier alpha value is -6.56. The van der Waals surface area contributed by atoms with Gasteiger partial charge in [0.1, 0.15) is 11.5 Å². The fraction of sp³-hybridized carbons (Fsp3) is 0.135. The highest BCUT2D eigenvalue weighted by molar-refractivity contribution is 6.29. The van der Waals surface area contributed by atoms with E-state index in [2.05, 4.69) is 0 Å². The van der Waals surface area contributed by atoms with Gasteiger partial charge in [0.05, 0.1) is 33.4 Å². The monoisotopic (exact) mass is 658 g/mol. The molecule has 0 spiro atoms. The molecule has 0 aromatic heterocycles. The van der Waals surface area contributed by atoms with Crippen LogP contribution in [0.4, 0.5) is 0 Å². The van der Waals surface area contributed by atoms with Gasteiger partial charge in [-0.1, -0.05) is 38.1 Å². The summed E-state index contributed by atoms with van der Waals surface area (Å²) >= 11 is 0. The van der Waals surface area contributed by atoms with Crippen LogP contribution in [-0.4, -0.2) is 57.2 Å². The Kier molecular flexibility index (Phi) is 7.87. The van der Waals surface area contributed by atoms with Crippen molar-refractivity contribution in [1.82, 2.24) is 9.80 Å². The van der Waals surface area contributed by atoms with Crippen LogP contribution < -0.4 is 9.47 Å². The molecule has 0 saturated carbocycles. The Morgan fingerprint density at radius 3 is 1.14 bits per heavy atom. The van der Waals surface area contributed by atoms with Gasteiger partial charge in [0.2, 0.25) is 11.8 Å². The van der Waals surface area contributed by atoms with Gasteiger partial charge in [-0.2, -0.15) is 0 Å². The van der Waals surface area contributed by atoms with E-state index in [4.69, 9.17) is 9.47 Å². The zero-order valence-corrected chi connectivity index (χ0v) is 26.6. The largest absolute Gasteiger partial charge is 0.423 e. The molecule has 2 heterocycles. The fourth-order valence-corrected chi connectivity index (χ4v) is 5.69. The minimum Gasteiger partial charge on any atom is -0.423 e. The minimum absolute atomic E-state index is 0.0354. The van der Waals surface area contributed by atoms with Crippen LogP contribution in [0.25, 0.3) is 0 Å². The summed E-state index contributed by atoms with van der Waals surface area (Å²) < 4.78 is 11.0. The summed E-state index contributed by atoms with van der Waals surface area (Å²) in [7, 11) is 0. The molecule has 49 heavy (non-hydrogen) atoms. The second-order valence-corrected chi connectivity index (χ2v) is 11.9. The van der Waals surface area contributed by atoms with Crippen molar-refractivity contribution >= 4 is 47.4 Å². The zero-order valence-electron chi connectivity index (χ0n) is 26.6. The summed E-state index contributed by atoms with van der Waals surface area (Å²) in [6.45, 7) is 6.18. The molecule has 6 amide bonds. The Morgan fingerprint density at radius 1 is 0.490 bits per heavy atom. The molecule has 0 bridgehead atoms. The van der Waals surface area contributed by atoms with E-state index in [1.54, 1.807) is 48.5 Å². The summed E-state index contributed by atoms with van der Waals surface area (Å²) in [6.07, 6.45) is 0. The second-order valence-electron chi connectivity index (χ2n) is 11.9. The lowest BCUT2D eigenvalue weighted by Crippen LogP contribution is -2.34. The average Bonchev–Trinajstić information content (AvgIpc) is 3.48. The van der Waals surface area contributed by atoms with Crippen LogP contribution >= 0.6 is 0 Å². The van der Waals surface area contributed by atoms with Crippen molar-refractivity contribution in [2.45, 2.75) is 33.1 Å². The van der Waals surface area contributed by atoms with Crippen molar-refractivity contribution in [3.8, 4) is 11.5 Å². The molecular weight excluding hydrogens is 632 g/mol. The number of ether oxygens (including phenoxy) is 2. The molecule has 0 N–H and O–H groups in total. The molecule has 6 rings (SSSR count). The van der Waals surface area contributed by atoms with Gasteiger partial charge in [0, 0.05) is 19.3 Å². The van der Waals surface area contributed by atoms with E-state index in [-0.39, 0.29) is 44.9 Å². The number of rotatable bonds is 6. The van der Waals surface area contributed by atoms with E-state index in [0.717, 1.165) is 25.0 Å².